The van der Waals surface area contributed by atoms with Gasteiger partial charge in [0.05, 0.1) is 7.11 Å². The number of methoxy groups -OCH3 is 1. The lowest BCUT2D eigenvalue weighted by Crippen LogP contribution is -2.50. The van der Waals surface area contributed by atoms with Crippen LogP contribution in [0.15, 0.2) is 48.5 Å². The zero-order chi connectivity index (χ0) is 19.2. The highest BCUT2D eigenvalue weighted by molar-refractivity contribution is 5.94. The van der Waals surface area contributed by atoms with Gasteiger partial charge in [-0.1, -0.05) is 6.07 Å². The largest absolute Gasteiger partial charge is 0.497 e. The van der Waals surface area contributed by atoms with Crippen molar-refractivity contribution in [3.63, 3.8) is 0 Å². The second kappa shape index (κ2) is 8.58. The predicted octanol–water partition coefficient (Wildman–Crippen LogP) is 2.63. The zero-order valence-electron chi connectivity index (χ0n) is 15.7. The molecule has 1 saturated heterocycles. The lowest BCUT2D eigenvalue weighted by atomic mass is 10.1. The predicted molar refractivity (Wildman–Crippen MR) is 104 cm³/mol. The van der Waals surface area contributed by atoms with Crippen LogP contribution in [-0.2, 0) is 4.79 Å². The van der Waals surface area contributed by atoms with E-state index in [-0.39, 0.29) is 18.3 Å². The highest BCUT2D eigenvalue weighted by atomic mass is 16.5. The molecule has 0 bridgehead atoms. The van der Waals surface area contributed by atoms with Crippen molar-refractivity contribution in [3.05, 3.63) is 54.1 Å². The standard InChI is InChI=1S/C21H24N2O4/c1-16(24)17-6-8-19(9-7-17)27-15-21(25)23-12-10-22(11-13-23)18-4-3-5-20(14-18)26-2/h3-9,14H,10-13,15H2,1-2H3. The SMILES string of the molecule is COc1cccc(N2CCN(C(=O)COc3ccc(C(C)=O)cc3)CC2)c1. The van der Waals surface area contributed by atoms with E-state index in [0.717, 1.165) is 24.5 Å². The van der Waals surface area contributed by atoms with Gasteiger partial charge in [0.1, 0.15) is 11.5 Å². The topological polar surface area (TPSA) is 59.1 Å². The average Bonchev–Trinajstić information content (AvgIpc) is 2.72. The second-order valence-electron chi connectivity index (χ2n) is 6.44. The number of carbonyl (C=O) groups is 2. The molecule has 142 valence electrons. The Kier molecular flexibility index (Phi) is 5.96. The number of benzene rings is 2. The highest BCUT2D eigenvalue weighted by Crippen LogP contribution is 2.22. The molecular formula is C21H24N2O4. The van der Waals surface area contributed by atoms with Crippen molar-refractivity contribution in [3.8, 4) is 11.5 Å². The molecular weight excluding hydrogens is 344 g/mol. The van der Waals surface area contributed by atoms with Gasteiger partial charge in [0.25, 0.3) is 5.91 Å². The van der Waals surface area contributed by atoms with Crippen molar-refractivity contribution in [2.24, 2.45) is 0 Å². The molecule has 6 nitrogen and oxygen atoms in total. The van der Waals surface area contributed by atoms with Gasteiger partial charge in [0.15, 0.2) is 12.4 Å². The van der Waals surface area contributed by atoms with Gasteiger partial charge in [0.2, 0.25) is 0 Å². The summed E-state index contributed by atoms with van der Waals surface area (Å²) in [5, 5.41) is 0. The van der Waals surface area contributed by atoms with Crippen LogP contribution in [-0.4, -0.2) is 56.5 Å². The van der Waals surface area contributed by atoms with Gasteiger partial charge in [-0.15, -0.1) is 0 Å². The Labute approximate surface area is 159 Å². The monoisotopic (exact) mass is 368 g/mol. The van der Waals surface area contributed by atoms with Crippen LogP contribution >= 0.6 is 0 Å². The number of hydrogen-bond acceptors (Lipinski definition) is 5. The quantitative estimate of drug-likeness (QED) is 0.734. The summed E-state index contributed by atoms with van der Waals surface area (Å²) in [7, 11) is 1.66. The third-order valence-corrected chi connectivity index (χ3v) is 4.67. The Morgan fingerprint density at radius 1 is 0.963 bits per heavy atom. The minimum atomic E-state index is -0.0315. The maximum atomic E-state index is 12.4. The van der Waals surface area contributed by atoms with E-state index in [9.17, 15) is 9.59 Å². The fourth-order valence-corrected chi connectivity index (χ4v) is 3.04. The third kappa shape index (κ3) is 4.78. The fourth-order valence-electron chi connectivity index (χ4n) is 3.04. The number of ether oxygens (including phenoxy) is 2. The first-order chi connectivity index (χ1) is 13.1. The lowest BCUT2D eigenvalue weighted by Gasteiger charge is -2.36. The number of carbonyl (C=O) groups excluding carboxylic acids is 2. The zero-order valence-corrected chi connectivity index (χ0v) is 15.7. The molecule has 1 heterocycles. The van der Waals surface area contributed by atoms with Gasteiger partial charge in [0, 0.05) is 43.5 Å². The van der Waals surface area contributed by atoms with Crippen molar-refractivity contribution in [2.45, 2.75) is 6.92 Å². The summed E-state index contributed by atoms with van der Waals surface area (Å²) in [4.78, 5) is 27.7. The smallest absolute Gasteiger partial charge is 0.260 e. The molecule has 0 aliphatic carbocycles. The first kappa shape index (κ1) is 18.8. The fraction of sp³-hybridized carbons (Fsp3) is 0.333. The molecule has 2 aromatic rings. The van der Waals surface area contributed by atoms with E-state index in [1.165, 1.54) is 6.92 Å². The normalized spacial score (nSPS) is 14.0. The molecule has 6 heteroatoms. The van der Waals surface area contributed by atoms with Crippen LogP contribution in [0.5, 0.6) is 11.5 Å². The first-order valence-corrected chi connectivity index (χ1v) is 8.97. The molecule has 0 radical (unpaired) electrons. The van der Waals surface area contributed by atoms with E-state index in [4.69, 9.17) is 9.47 Å². The highest BCUT2D eigenvalue weighted by Gasteiger charge is 2.21. The molecule has 1 aliphatic heterocycles. The molecule has 2 aromatic carbocycles. The van der Waals surface area contributed by atoms with Crippen molar-refractivity contribution >= 4 is 17.4 Å². The molecule has 1 fully saturated rings. The van der Waals surface area contributed by atoms with Crippen molar-refractivity contribution in [2.75, 3.05) is 44.8 Å². The van der Waals surface area contributed by atoms with Crippen LogP contribution in [0.25, 0.3) is 0 Å². The minimum Gasteiger partial charge on any atom is -0.497 e. The summed E-state index contributed by atoms with van der Waals surface area (Å²) in [6.45, 7) is 4.37. The average molecular weight is 368 g/mol. The molecule has 0 unspecified atom stereocenters. The van der Waals surface area contributed by atoms with Crippen LogP contribution in [0, 0.1) is 0 Å². The first-order valence-electron chi connectivity index (χ1n) is 8.97. The van der Waals surface area contributed by atoms with Crippen molar-refractivity contribution < 1.29 is 19.1 Å². The molecule has 1 aliphatic rings. The summed E-state index contributed by atoms with van der Waals surface area (Å²) in [6, 6.07) is 14.8. The van der Waals surface area contributed by atoms with E-state index in [2.05, 4.69) is 4.90 Å². The second-order valence-corrected chi connectivity index (χ2v) is 6.44. The van der Waals surface area contributed by atoms with Crippen LogP contribution in [0.4, 0.5) is 5.69 Å². The van der Waals surface area contributed by atoms with Crippen molar-refractivity contribution in [1.82, 2.24) is 4.90 Å². The van der Waals surface area contributed by atoms with Gasteiger partial charge in [-0.3, -0.25) is 9.59 Å². The minimum absolute atomic E-state index is 0.00141. The molecule has 27 heavy (non-hydrogen) atoms. The van der Waals surface area contributed by atoms with Crippen LogP contribution in [0.3, 0.4) is 0 Å². The maximum absolute atomic E-state index is 12.4. The Hall–Kier alpha value is -3.02. The number of piperazine rings is 1. The Morgan fingerprint density at radius 2 is 1.67 bits per heavy atom. The number of Topliss-reactive ketones (excluding diaryl/α,β-unsaturated/α-hetero) is 1. The Balaban J connectivity index is 1.48. The van der Waals surface area contributed by atoms with E-state index in [0.29, 0.717) is 24.4 Å². The molecule has 0 aromatic heterocycles. The number of hydrogen-bond donors (Lipinski definition) is 0. The van der Waals surface area contributed by atoms with Gasteiger partial charge >= 0.3 is 0 Å². The summed E-state index contributed by atoms with van der Waals surface area (Å²) in [5.74, 6) is 1.39. The summed E-state index contributed by atoms with van der Waals surface area (Å²) < 4.78 is 10.8. The number of nitrogens with zero attached hydrogens (tertiary/aromatic N) is 2. The van der Waals surface area contributed by atoms with E-state index >= 15 is 0 Å². The van der Waals surface area contributed by atoms with Gasteiger partial charge in [-0.05, 0) is 43.3 Å². The third-order valence-electron chi connectivity index (χ3n) is 4.67. The number of rotatable bonds is 6. The number of ketones is 1. The molecule has 3 rings (SSSR count). The molecule has 1 amide bonds. The maximum Gasteiger partial charge on any atom is 0.260 e. The summed E-state index contributed by atoms with van der Waals surface area (Å²) >= 11 is 0. The Morgan fingerprint density at radius 3 is 2.30 bits per heavy atom. The number of amides is 1. The van der Waals surface area contributed by atoms with Gasteiger partial charge in [-0.25, -0.2) is 0 Å². The summed E-state index contributed by atoms with van der Waals surface area (Å²) in [5.41, 5.74) is 1.73. The Bertz CT molecular complexity index is 796. The molecule has 0 N–H and O–H groups in total. The van der Waals surface area contributed by atoms with Gasteiger partial charge < -0.3 is 19.3 Å². The van der Waals surface area contributed by atoms with Gasteiger partial charge in [-0.2, -0.15) is 0 Å². The van der Waals surface area contributed by atoms with Crippen LogP contribution in [0.2, 0.25) is 0 Å². The van der Waals surface area contributed by atoms with Crippen LogP contribution < -0.4 is 14.4 Å². The van der Waals surface area contributed by atoms with E-state index in [1.807, 2.05) is 29.2 Å². The van der Waals surface area contributed by atoms with E-state index in [1.54, 1.807) is 31.4 Å². The number of anilines is 1. The van der Waals surface area contributed by atoms with Crippen molar-refractivity contribution in [1.29, 1.82) is 0 Å². The molecule has 0 saturated carbocycles. The van der Waals surface area contributed by atoms with Crippen LogP contribution in [0.1, 0.15) is 17.3 Å². The molecule has 0 spiro atoms. The summed E-state index contributed by atoms with van der Waals surface area (Å²) in [6.07, 6.45) is 0. The van der Waals surface area contributed by atoms with E-state index < -0.39 is 0 Å². The lowest BCUT2D eigenvalue weighted by molar-refractivity contribution is -0.133. The molecule has 0 atom stereocenters.